The van der Waals surface area contributed by atoms with Crippen LogP contribution in [0, 0.1) is 14.1 Å². The molecule has 1 N–H and O–H groups in total. The van der Waals surface area contributed by atoms with Gasteiger partial charge in [-0.15, -0.1) is 0 Å². The van der Waals surface area contributed by atoms with E-state index in [9.17, 15) is 9.90 Å². The highest BCUT2D eigenvalue weighted by Crippen LogP contribution is 2.47. The average Bonchev–Trinajstić information content (AvgIpc) is 2.60. The predicted octanol–water partition coefficient (Wildman–Crippen LogP) is 7.31. The maximum atomic E-state index is 11.4. The van der Waals surface area contributed by atoms with Crippen molar-refractivity contribution in [3.63, 3.8) is 0 Å². The number of benzene rings is 2. The normalized spacial score (nSPS) is 17.1. The molecule has 3 rings (SSSR count). The van der Waals surface area contributed by atoms with Crippen molar-refractivity contribution in [3.8, 4) is 0 Å². The summed E-state index contributed by atoms with van der Waals surface area (Å²) >= 11 is 4.36. The lowest BCUT2D eigenvalue weighted by molar-refractivity contribution is 0.0695. The van der Waals surface area contributed by atoms with Gasteiger partial charge in [0.1, 0.15) is 0 Å². The largest absolute Gasteiger partial charge is 0.478 e. The van der Waals surface area contributed by atoms with E-state index < -0.39 is 5.97 Å². The summed E-state index contributed by atoms with van der Waals surface area (Å²) in [7, 11) is 0. The molecular weight excluding hydrogens is 574 g/mol. The summed E-state index contributed by atoms with van der Waals surface area (Å²) in [5, 5.41) is 9.39. The van der Waals surface area contributed by atoms with E-state index >= 15 is 0 Å². The molecular formula is C24H26I2O2. The third-order valence-electron chi connectivity index (χ3n) is 6.16. The number of carboxylic acid groups (broad SMARTS) is 1. The molecule has 0 atom stereocenters. The zero-order chi connectivity index (χ0) is 21.0. The monoisotopic (exact) mass is 600 g/mol. The van der Waals surface area contributed by atoms with Gasteiger partial charge in [0, 0.05) is 7.14 Å². The number of carboxylic acids is 1. The summed E-state index contributed by atoms with van der Waals surface area (Å²) in [6, 6.07) is 8.26. The van der Waals surface area contributed by atoms with Gasteiger partial charge in [0.15, 0.2) is 0 Å². The number of rotatable bonds is 3. The molecule has 2 aromatic carbocycles. The highest BCUT2D eigenvalue weighted by Gasteiger charge is 2.37. The quantitative estimate of drug-likeness (QED) is 0.376. The molecule has 0 heterocycles. The van der Waals surface area contributed by atoms with Crippen molar-refractivity contribution in [2.45, 2.75) is 58.3 Å². The fourth-order valence-electron chi connectivity index (χ4n) is 4.14. The Morgan fingerprint density at radius 2 is 1.39 bits per heavy atom. The summed E-state index contributed by atoms with van der Waals surface area (Å²) in [4.78, 5) is 11.4. The number of fused-ring (bicyclic) bond motifs is 1. The van der Waals surface area contributed by atoms with Crippen LogP contribution in [0.5, 0.6) is 0 Å². The van der Waals surface area contributed by atoms with E-state index in [1.807, 2.05) is 6.07 Å². The molecule has 148 valence electrons. The molecule has 0 spiro atoms. The van der Waals surface area contributed by atoms with Crippen LogP contribution in [0.4, 0.5) is 0 Å². The fourth-order valence-corrected chi connectivity index (χ4v) is 5.64. The molecule has 2 aromatic rings. The minimum absolute atomic E-state index is 0.141. The Hall–Kier alpha value is -0.890. The van der Waals surface area contributed by atoms with E-state index in [4.69, 9.17) is 0 Å². The number of aromatic carboxylic acids is 1. The van der Waals surface area contributed by atoms with Gasteiger partial charge in [-0.3, -0.25) is 0 Å². The van der Waals surface area contributed by atoms with Gasteiger partial charge in [-0.2, -0.15) is 0 Å². The number of halogens is 2. The molecule has 0 bridgehead atoms. The molecule has 1 aliphatic carbocycles. The molecule has 0 saturated heterocycles. The molecule has 0 fully saturated rings. The lowest BCUT2D eigenvalue weighted by atomic mass is 9.62. The molecule has 28 heavy (non-hydrogen) atoms. The molecule has 0 amide bonds. The first-order valence-corrected chi connectivity index (χ1v) is 11.6. The molecule has 0 aromatic heterocycles. The number of carbonyl (C=O) groups is 1. The Balaban J connectivity index is 2.17. The van der Waals surface area contributed by atoms with Crippen LogP contribution in [-0.4, -0.2) is 11.1 Å². The second-order valence-electron chi connectivity index (χ2n) is 9.05. The predicted molar refractivity (Wildman–Crippen MR) is 133 cm³/mol. The summed E-state index contributed by atoms with van der Waals surface area (Å²) in [5.41, 5.74) is 7.87. The molecule has 0 unspecified atom stereocenters. The Labute approximate surface area is 195 Å². The van der Waals surface area contributed by atoms with Gasteiger partial charge < -0.3 is 5.11 Å². The minimum atomic E-state index is -0.895. The van der Waals surface area contributed by atoms with E-state index in [0.29, 0.717) is 5.56 Å². The maximum absolute atomic E-state index is 11.4. The zero-order valence-corrected chi connectivity index (χ0v) is 21.4. The first-order valence-electron chi connectivity index (χ1n) is 9.43. The van der Waals surface area contributed by atoms with Gasteiger partial charge in [-0.1, -0.05) is 52.5 Å². The minimum Gasteiger partial charge on any atom is -0.478 e. The molecule has 0 saturated carbocycles. The van der Waals surface area contributed by atoms with E-state index in [2.05, 4.69) is 98.5 Å². The van der Waals surface area contributed by atoms with Crippen LogP contribution in [0.1, 0.15) is 78.7 Å². The van der Waals surface area contributed by atoms with E-state index in [-0.39, 0.29) is 10.8 Å². The Kier molecular flexibility index (Phi) is 5.78. The first kappa shape index (κ1) is 21.8. The highest BCUT2D eigenvalue weighted by molar-refractivity contribution is 14.1. The lowest BCUT2D eigenvalue weighted by Crippen LogP contribution is -2.34. The van der Waals surface area contributed by atoms with Crippen molar-refractivity contribution >= 4 is 56.7 Å². The Bertz CT molecular complexity index is 1000. The Morgan fingerprint density at radius 1 is 0.929 bits per heavy atom. The van der Waals surface area contributed by atoms with Crippen LogP contribution in [0.2, 0.25) is 0 Å². The Morgan fingerprint density at radius 3 is 1.93 bits per heavy atom. The number of hydrogen-bond acceptors (Lipinski definition) is 1. The average molecular weight is 600 g/mol. The molecule has 4 heteroatoms. The zero-order valence-electron chi connectivity index (χ0n) is 17.0. The summed E-state index contributed by atoms with van der Waals surface area (Å²) in [6.45, 7) is 15.9. The van der Waals surface area contributed by atoms with Crippen LogP contribution in [0.3, 0.4) is 0 Å². The summed E-state index contributed by atoms with van der Waals surface area (Å²) in [6.07, 6.45) is 2.37. The van der Waals surface area contributed by atoms with Crippen LogP contribution in [0.25, 0.3) is 5.57 Å². The van der Waals surface area contributed by atoms with Crippen LogP contribution in [-0.2, 0) is 10.8 Å². The van der Waals surface area contributed by atoms with Gasteiger partial charge >= 0.3 is 5.97 Å². The van der Waals surface area contributed by atoms with Crippen LogP contribution < -0.4 is 0 Å². The van der Waals surface area contributed by atoms with Crippen molar-refractivity contribution in [1.29, 1.82) is 0 Å². The summed E-state index contributed by atoms with van der Waals surface area (Å²) in [5.74, 6) is -0.895. The van der Waals surface area contributed by atoms with E-state index in [1.165, 1.54) is 29.5 Å². The number of aryl methyl sites for hydroxylation is 1. The van der Waals surface area contributed by atoms with Crippen LogP contribution in [0.15, 0.2) is 30.8 Å². The molecule has 0 radical (unpaired) electrons. The highest BCUT2D eigenvalue weighted by atomic mass is 127. The smallest absolute Gasteiger partial charge is 0.336 e. The van der Waals surface area contributed by atoms with Gasteiger partial charge in [-0.25, -0.2) is 4.79 Å². The topological polar surface area (TPSA) is 37.3 Å². The van der Waals surface area contributed by atoms with Crippen molar-refractivity contribution in [1.82, 2.24) is 0 Å². The SMILES string of the molecule is C=C(c1cc2c(cc1C)C(C)(C)CCC2(C)C)c1ccc(C(=O)O)c(I)c1I. The van der Waals surface area contributed by atoms with Crippen molar-refractivity contribution in [2.75, 3.05) is 0 Å². The molecule has 0 aliphatic heterocycles. The summed E-state index contributed by atoms with van der Waals surface area (Å²) < 4.78 is 1.71. The van der Waals surface area contributed by atoms with E-state index in [1.54, 1.807) is 6.07 Å². The molecule has 2 nitrogen and oxygen atoms in total. The van der Waals surface area contributed by atoms with Gasteiger partial charge in [-0.05, 0) is 115 Å². The third-order valence-corrected chi connectivity index (χ3v) is 9.43. The second-order valence-corrected chi connectivity index (χ2v) is 11.2. The van der Waals surface area contributed by atoms with Gasteiger partial charge in [0.05, 0.1) is 5.56 Å². The van der Waals surface area contributed by atoms with Gasteiger partial charge in [0.2, 0.25) is 0 Å². The van der Waals surface area contributed by atoms with Gasteiger partial charge in [0.25, 0.3) is 0 Å². The maximum Gasteiger partial charge on any atom is 0.336 e. The fraction of sp³-hybridized carbons (Fsp3) is 0.375. The second kappa shape index (κ2) is 7.42. The van der Waals surface area contributed by atoms with Crippen LogP contribution >= 0.6 is 45.2 Å². The third kappa shape index (κ3) is 3.66. The first-order chi connectivity index (χ1) is 12.9. The lowest BCUT2D eigenvalue weighted by Gasteiger charge is -2.42. The van der Waals surface area contributed by atoms with Crippen molar-refractivity contribution in [2.24, 2.45) is 0 Å². The standard InChI is InChI=1S/C24H26I2O2/c1-13-11-18-19(24(5,6)10-9-23(18,3)4)12-17(13)14(2)15-7-8-16(22(27)28)21(26)20(15)25/h7-8,11-12H,2,9-10H2,1,3-6H3,(H,27,28). The van der Waals surface area contributed by atoms with Crippen molar-refractivity contribution in [3.05, 3.63) is 71.4 Å². The van der Waals surface area contributed by atoms with Crippen molar-refractivity contribution < 1.29 is 9.90 Å². The molecule has 1 aliphatic rings. The number of hydrogen-bond donors (Lipinski definition) is 1. The van der Waals surface area contributed by atoms with E-state index in [0.717, 1.165) is 23.8 Å².